The summed E-state index contributed by atoms with van der Waals surface area (Å²) < 4.78 is 32.2. The fourth-order valence-electron chi connectivity index (χ4n) is 8.56. The Morgan fingerprint density at radius 3 is 1.82 bits per heavy atom. The lowest BCUT2D eigenvalue weighted by Gasteiger charge is -2.59. The van der Waals surface area contributed by atoms with Gasteiger partial charge < -0.3 is 33.5 Å². The molecule has 0 radical (unpaired) electrons. The third-order valence-electron chi connectivity index (χ3n) is 12.8. The molecule has 0 aromatic heterocycles. The number of esters is 5. The second kappa shape index (κ2) is 14.3. The van der Waals surface area contributed by atoms with Gasteiger partial charge in [-0.3, -0.25) is 19.2 Å². The van der Waals surface area contributed by atoms with Crippen LogP contribution in [0.3, 0.4) is 0 Å². The number of hydrogen-bond acceptors (Lipinski definition) is 12. The summed E-state index contributed by atoms with van der Waals surface area (Å²) >= 11 is 0. The zero-order chi connectivity index (χ0) is 37.7. The molecule has 288 valence electrons. The van der Waals surface area contributed by atoms with Crippen molar-refractivity contribution in [2.75, 3.05) is 6.61 Å². The van der Waals surface area contributed by atoms with E-state index in [1.807, 2.05) is 48.5 Å². The molecule has 8 rings (SSSR count). The molecule has 0 aromatic rings. The van der Waals surface area contributed by atoms with E-state index in [1.54, 1.807) is 13.8 Å². The number of aliphatic hydroxyl groups is 1. The van der Waals surface area contributed by atoms with Gasteiger partial charge in [-0.1, -0.05) is 20.8 Å². The maximum Gasteiger partial charge on any atom is 0.347 e. The number of carbonyl (C=O) groups excluding carboxylic acids is 5. The van der Waals surface area contributed by atoms with Gasteiger partial charge in [0.05, 0.1) is 40.5 Å². The van der Waals surface area contributed by atoms with Crippen LogP contribution >= 0.6 is 0 Å². The van der Waals surface area contributed by atoms with Gasteiger partial charge in [0.15, 0.2) is 12.2 Å². The highest BCUT2D eigenvalue weighted by molar-refractivity contribution is 5.83. The van der Waals surface area contributed by atoms with E-state index in [4.69, 9.17) is 28.4 Å². The molecule has 6 bridgehead atoms. The Labute approximate surface area is 302 Å². The van der Waals surface area contributed by atoms with Crippen molar-refractivity contribution in [2.45, 2.75) is 175 Å². The Bertz CT molecular complexity index is 1350. The highest BCUT2D eigenvalue weighted by atomic mass is 16.7. The molecule has 4 saturated carbocycles. The summed E-state index contributed by atoms with van der Waals surface area (Å²) in [6.45, 7) is 17.4. The first kappa shape index (κ1) is 39.5. The van der Waals surface area contributed by atoms with Crippen molar-refractivity contribution in [3.63, 3.8) is 0 Å². The number of hydrogen-bond donors (Lipinski definition) is 1. The van der Waals surface area contributed by atoms with Gasteiger partial charge in [0.25, 0.3) is 0 Å². The van der Waals surface area contributed by atoms with E-state index in [-0.39, 0.29) is 47.6 Å². The average molecular weight is 721 g/mol. The van der Waals surface area contributed by atoms with Crippen molar-refractivity contribution in [1.82, 2.24) is 0 Å². The first-order chi connectivity index (χ1) is 23.7. The fourth-order valence-corrected chi connectivity index (χ4v) is 8.56. The van der Waals surface area contributed by atoms with Gasteiger partial charge in [-0.25, -0.2) is 4.79 Å². The zero-order valence-corrected chi connectivity index (χ0v) is 32.0. The van der Waals surface area contributed by atoms with Crippen molar-refractivity contribution in [3.8, 4) is 0 Å². The van der Waals surface area contributed by atoms with Crippen molar-refractivity contribution in [1.29, 1.82) is 0 Å². The highest BCUT2D eigenvalue weighted by Gasteiger charge is 2.65. The van der Waals surface area contributed by atoms with Crippen LogP contribution in [0.5, 0.6) is 0 Å². The summed E-state index contributed by atoms with van der Waals surface area (Å²) in [5, 5.41) is 10.6. The molecular weight excluding hydrogens is 660 g/mol. The predicted molar refractivity (Wildman–Crippen MR) is 183 cm³/mol. The lowest BCUT2D eigenvalue weighted by Crippen LogP contribution is -2.61. The van der Waals surface area contributed by atoms with E-state index in [0.717, 1.165) is 32.1 Å². The van der Waals surface area contributed by atoms with Crippen LogP contribution in [0.2, 0.25) is 0 Å². The molecule has 0 aromatic carbocycles. The quantitative estimate of drug-likeness (QED) is 0.240. The molecule has 4 aliphatic carbocycles. The van der Waals surface area contributed by atoms with Crippen LogP contribution < -0.4 is 0 Å². The van der Waals surface area contributed by atoms with Crippen LogP contribution in [0.4, 0.5) is 0 Å². The Balaban J connectivity index is 0.000000150. The molecule has 4 saturated heterocycles. The summed E-state index contributed by atoms with van der Waals surface area (Å²) in [4.78, 5) is 58.6. The maximum atomic E-state index is 12.4. The Kier molecular flexibility index (Phi) is 11.0. The standard InChI is InChI=1S/C16H26O3.C13H18O5.C10H16O4/c1-4-14(2,3)13(17)19-16-8-11-5-12(9-16)7-15(18,6-11)10-16;1-4-13(2,3)12(15)18-9-7-5-6-8(16-7)10(9)17-11(6)14;1-4-10(2,3)9(12)14-7-5-6-13-8(7)11/h11-12,18H,4-10H2,1-3H3;6-10H,4-5H2,1-3H3;7H,4-6H2,1-3H3. The van der Waals surface area contributed by atoms with Crippen LogP contribution in [-0.4, -0.2) is 83.3 Å². The van der Waals surface area contributed by atoms with Crippen LogP contribution in [0, 0.1) is 34.0 Å². The number of cyclic esters (lactones) is 1. The number of carbonyl (C=O) groups is 5. The van der Waals surface area contributed by atoms with Gasteiger partial charge in [-0.2, -0.15) is 0 Å². The van der Waals surface area contributed by atoms with E-state index in [9.17, 15) is 29.1 Å². The Hall–Kier alpha value is -2.73. The molecule has 4 aliphatic heterocycles. The molecule has 8 atom stereocenters. The van der Waals surface area contributed by atoms with E-state index < -0.39 is 46.1 Å². The van der Waals surface area contributed by atoms with Crippen LogP contribution in [0.15, 0.2) is 0 Å². The summed E-state index contributed by atoms with van der Waals surface area (Å²) in [7, 11) is 0. The third-order valence-corrected chi connectivity index (χ3v) is 12.8. The van der Waals surface area contributed by atoms with Crippen molar-refractivity contribution < 1.29 is 57.5 Å². The van der Waals surface area contributed by atoms with Crippen LogP contribution in [-0.2, 0) is 52.4 Å². The molecule has 0 amide bonds. The van der Waals surface area contributed by atoms with Crippen LogP contribution in [0.25, 0.3) is 0 Å². The SMILES string of the molecule is CCC(C)(C)C(=O)OC12CC3CC(CC(O)(C3)C1)C2.CCC(C)(C)C(=O)OC1C2CC3C(=O)OC1C3O2.CCC(C)(C)C(=O)OC1CCOC1=O. The monoisotopic (exact) mass is 720 g/mol. The highest BCUT2D eigenvalue weighted by Crippen LogP contribution is 2.59. The largest absolute Gasteiger partial charge is 0.463 e. The van der Waals surface area contributed by atoms with Gasteiger partial charge in [0.1, 0.15) is 11.7 Å². The van der Waals surface area contributed by atoms with E-state index in [2.05, 4.69) is 0 Å². The first-order valence-corrected chi connectivity index (χ1v) is 19.1. The summed E-state index contributed by atoms with van der Waals surface area (Å²) in [6.07, 6.45) is 7.06. The normalized spacial score (nSPS) is 37.1. The number of ether oxygens (including phenoxy) is 6. The Morgan fingerprint density at radius 2 is 1.31 bits per heavy atom. The minimum absolute atomic E-state index is 0.0828. The van der Waals surface area contributed by atoms with Gasteiger partial charge >= 0.3 is 29.8 Å². The van der Waals surface area contributed by atoms with Gasteiger partial charge in [-0.05, 0) is 111 Å². The summed E-state index contributed by atoms with van der Waals surface area (Å²) in [5.74, 6) is -0.317. The minimum Gasteiger partial charge on any atom is -0.463 e. The lowest BCUT2D eigenvalue weighted by molar-refractivity contribution is -0.225. The maximum absolute atomic E-state index is 12.4. The molecule has 51 heavy (non-hydrogen) atoms. The Morgan fingerprint density at radius 1 is 0.765 bits per heavy atom. The minimum atomic E-state index is -0.687. The molecule has 1 N–H and O–H groups in total. The van der Waals surface area contributed by atoms with Crippen LogP contribution in [0.1, 0.15) is 133 Å². The summed E-state index contributed by atoms with van der Waals surface area (Å²) in [6, 6.07) is 0. The first-order valence-electron chi connectivity index (χ1n) is 19.1. The van der Waals surface area contributed by atoms with E-state index in [0.29, 0.717) is 50.5 Å². The van der Waals surface area contributed by atoms with Crippen molar-refractivity contribution in [3.05, 3.63) is 0 Å². The molecular formula is C39H60O12. The molecule has 12 nitrogen and oxygen atoms in total. The van der Waals surface area contributed by atoms with Gasteiger partial charge in [0, 0.05) is 12.8 Å². The second-order valence-corrected chi connectivity index (χ2v) is 18.1. The smallest absolute Gasteiger partial charge is 0.347 e. The molecule has 8 unspecified atom stereocenters. The number of rotatable bonds is 9. The molecule has 0 spiro atoms. The molecule has 12 heteroatoms. The predicted octanol–water partition coefficient (Wildman–Crippen LogP) is 5.38. The van der Waals surface area contributed by atoms with Gasteiger partial charge in [0.2, 0.25) is 6.10 Å². The van der Waals surface area contributed by atoms with E-state index in [1.165, 1.54) is 6.42 Å². The van der Waals surface area contributed by atoms with Gasteiger partial charge in [-0.15, -0.1) is 0 Å². The average Bonchev–Trinajstić information content (AvgIpc) is 3.79. The molecule has 4 heterocycles. The second-order valence-electron chi connectivity index (χ2n) is 18.1. The lowest BCUT2D eigenvalue weighted by atomic mass is 9.52. The third kappa shape index (κ3) is 8.11. The fraction of sp³-hybridized carbons (Fsp3) is 0.872. The summed E-state index contributed by atoms with van der Waals surface area (Å²) in [5.41, 5.74) is -2.36. The zero-order valence-electron chi connectivity index (χ0n) is 32.0. The molecule has 8 fully saturated rings. The number of fused-ring (bicyclic) bond motifs is 1. The van der Waals surface area contributed by atoms with Crippen molar-refractivity contribution in [2.24, 2.45) is 34.0 Å². The molecule has 8 aliphatic rings. The topological polar surface area (TPSA) is 161 Å². The van der Waals surface area contributed by atoms with E-state index >= 15 is 0 Å². The van der Waals surface area contributed by atoms with Crippen molar-refractivity contribution >= 4 is 29.8 Å².